The Labute approximate surface area is 85.6 Å². The van der Waals surface area contributed by atoms with Crippen LogP contribution in [0.15, 0.2) is 0 Å². The highest BCUT2D eigenvalue weighted by atomic mass is 16.5. The largest absolute Gasteiger partial charge is 0.380 e. The van der Waals surface area contributed by atoms with Gasteiger partial charge in [-0.15, -0.1) is 0 Å². The molecule has 1 saturated heterocycles. The lowest BCUT2D eigenvalue weighted by Crippen LogP contribution is -2.39. The summed E-state index contributed by atoms with van der Waals surface area (Å²) >= 11 is 0. The van der Waals surface area contributed by atoms with Gasteiger partial charge in [-0.25, -0.2) is 4.79 Å². The van der Waals surface area contributed by atoms with E-state index >= 15 is 0 Å². The number of carbonyl (C=O) groups is 1. The number of ether oxygens (including phenoxy) is 1. The number of carbonyl (C=O) groups excluding carboxylic acids is 1. The molecule has 1 N–H and O–H groups in total. The Morgan fingerprint density at radius 3 is 3.00 bits per heavy atom. The van der Waals surface area contributed by atoms with Gasteiger partial charge in [-0.05, 0) is 12.8 Å². The quantitative estimate of drug-likeness (QED) is 0.693. The Hall–Kier alpha value is -0.770. The lowest BCUT2D eigenvalue weighted by Gasteiger charge is -2.16. The van der Waals surface area contributed by atoms with Crippen LogP contribution in [-0.2, 0) is 4.74 Å². The summed E-state index contributed by atoms with van der Waals surface area (Å²) in [6.45, 7) is 4.44. The number of urea groups is 1. The van der Waals surface area contributed by atoms with E-state index in [1.165, 1.54) is 0 Å². The van der Waals surface area contributed by atoms with Crippen molar-refractivity contribution >= 4 is 6.03 Å². The molecule has 0 saturated carbocycles. The third-order valence-corrected chi connectivity index (χ3v) is 2.57. The minimum Gasteiger partial charge on any atom is -0.380 e. The predicted molar refractivity (Wildman–Crippen MR) is 55.3 cm³/mol. The molecular weight excluding hydrogens is 180 g/mol. The summed E-state index contributed by atoms with van der Waals surface area (Å²) in [5.74, 6) is 0. The summed E-state index contributed by atoms with van der Waals surface area (Å²) in [5.41, 5.74) is 0. The zero-order valence-corrected chi connectivity index (χ0v) is 9.08. The number of amides is 2. The topological polar surface area (TPSA) is 41.6 Å². The van der Waals surface area contributed by atoms with E-state index in [1.54, 1.807) is 7.11 Å². The van der Waals surface area contributed by atoms with Crippen molar-refractivity contribution in [2.24, 2.45) is 0 Å². The van der Waals surface area contributed by atoms with Crippen molar-refractivity contribution in [3.8, 4) is 0 Å². The fourth-order valence-electron chi connectivity index (χ4n) is 1.59. The van der Waals surface area contributed by atoms with Crippen LogP contribution in [-0.4, -0.2) is 43.8 Å². The molecule has 0 bridgehead atoms. The Kier molecular flexibility index (Phi) is 4.73. The van der Waals surface area contributed by atoms with E-state index in [2.05, 4.69) is 12.2 Å². The van der Waals surface area contributed by atoms with Gasteiger partial charge in [-0.1, -0.05) is 13.3 Å². The Morgan fingerprint density at radius 1 is 1.64 bits per heavy atom. The lowest BCUT2D eigenvalue weighted by molar-refractivity contribution is 0.110. The van der Waals surface area contributed by atoms with Crippen LogP contribution < -0.4 is 5.32 Å². The van der Waals surface area contributed by atoms with Crippen molar-refractivity contribution in [3.05, 3.63) is 0 Å². The summed E-state index contributed by atoms with van der Waals surface area (Å²) in [4.78, 5) is 13.4. The van der Waals surface area contributed by atoms with Crippen LogP contribution in [0.2, 0.25) is 0 Å². The molecular formula is C10H20N2O2. The van der Waals surface area contributed by atoms with Gasteiger partial charge in [0.05, 0.1) is 6.10 Å². The number of methoxy groups -OCH3 is 1. The molecule has 0 radical (unpaired) electrons. The smallest absolute Gasteiger partial charge is 0.317 e. The fourth-order valence-corrected chi connectivity index (χ4v) is 1.59. The predicted octanol–water partition coefficient (Wildman–Crippen LogP) is 1.22. The highest BCUT2D eigenvalue weighted by Gasteiger charge is 2.25. The second kappa shape index (κ2) is 5.86. The van der Waals surface area contributed by atoms with E-state index in [-0.39, 0.29) is 12.1 Å². The molecule has 4 nitrogen and oxygen atoms in total. The molecule has 1 aliphatic rings. The van der Waals surface area contributed by atoms with Gasteiger partial charge in [0.15, 0.2) is 0 Å². The van der Waals surface area contributed by atoms with Crippen molar-refractivity contribution in [2.45, 2.75) is 32.3 Å². The van der Waals surface area contributed by atoms with Crippen LogP contribution in [0.25, 0.3) is 0 Å². The first-order valence-electron chi connectivity index (χ1n) is 5.33. The normalized spacial score (nSPS) is 21.3. The SMILES string of the molecule is CCCCNC(=O)N1CCC(OC)C1. The molecule has 1 atom stereocenters. The number of rotatable bonds is 4. The van der Waals surface area contributed by atoms with Gasteiger partial charge in [0.1, 0.15) is 0 Å². The van der Waals surface area contributed by atoms with E-state index in [4.69, 9.17) is 4.74 Å². The molecule has 1 rings (SSSR count). The van der Waals surface area contributed by atoms with Crippen LogP contribution >= 0.6 is 0 Å². The van der Waals surface area contributed by atoms with Gasteiger partial charge >= 0.3 is 6.03 Å². The third kappa shape index (κ3) is 3.18. The van der Waals surface area contributed by atoms with Crippen molar-refractivity contribution in [3.63, 3.8) is 0 Å². The van der Waals surface area contributed by atoms with Crippen molar-refractivity contribution < 1.29 is 9.53 Å². The van der Waals surface area contributed by atoms with Crippen molar-refractivity contribution in [1.82, 2.24) is 10.2 Å². The first-order valence-corrected chi connectivity index (χ1v) is 5.33. The van der Waals surface area contributed by atoms with Crippen LogP contribution in [0.4, 0.5) is 4.79 Å². The van der Waals surface area contributed by atoms with Crippen molar-refractivity contribution in [1.29, 1.82) is 0 Å². The van der Waals surface area contributed by atoms with Gasteiger partial charge in [-0.3, -0.25) is 0 Å². The first kappa shape index (κ1) is 11.3. The van der Waals surface area contributed by atoms with Gasteiger partial charge in [0.25, 0.3) is 0 Å². The molecule has 14 heavy (non-hydrogen) atoms. The molecule has 0 spiro atoms. The van der Waals surface area contributed by atoms with Crippen molar-refractivity contribution in [2.75, 3.05) is 26.7 Å². The Balaban J connectivity index is 2.18. The average Bonchev–Trinajstić information content (AvgIpc) is 2.66. The van der Waals surface area contributed by atoms with Gasteiger partial charge in [0.2, 0.25) is 0 Å². The summed E-state index contributed by atoms with van der Waals surface area (Å²) in [7, 11) is 1.70. The molecule has 2 amide bonds. The zero-order valence-electron chi connectivity index (χ0n) is 9.08. The first-order chi connectivity index (χ1) is 6.77. The number of nitrogens with one attached hydrogen (secondary N) is 1. The molecule has 0 aromatic carbocycles. The minimum atomic E-state index is 0.0537. The van der Waals surface area contributed by atoms with Gasteiger partial charge in [-0.2, -0.15) is 0 Å². The highest BCUT2D eigenvalue weighted by Crippen LogP contribution is 2.11. The van der Waals surface area contributed by atoms with Crippen LogP contribution in [0.3, 0.4) is 0 Å². The number of hydrogen-bond acceptors (Lipinski definition) is 2. The molecule has 1 heterocycles. The number of hydrogen-bond donors (Lipinski definition) is 1. The fraction of sp³-hybridized carbons (Fsp3) is 0.900. The maximum Gasteiger partial charge on any atom is 0.317 e. The second-order valence-electron chi connectivity index (χ2n) is 3.68. The maximum atomic E-state index is 11.5. The lowest BCUT2D eigenvalue weighted by atomic mass is 10.3. The average molecular weight is 200 g/mol. The third-order valence-electron chi connectivity index (χ3n) is 2.57. The molecule has 1 aliphatic heterocycles. The molecule has 1 unspecified atom stereocenters. The molecule has 82 valence electrons. The van der Waals surface area contributed by atoms with E-state index in [0.717, 1.165) is 38.9 Å². The highest BCUT2D eigenvalue weighted by molar-refractivity contribution is 5.74. The number of unbranched alkanes of at least 4 members (excludes halogenated alkanes) is 1. The summed E-state index contributed by atoms with van der Waals surface area (Å²) in [6.07, 6.45) is 3.35. The van der Waals surface area contributed by atoms with E-state index in [9.17, 15) is 4.79 Å². The molecule has 0 aromatic heterocycles. The minimum absolute atomic E-state index is 0.0537. The molecule has 0 aliphatic carbocycles. The van der Waals surface area contributed by atoms with Crippen LogP contribution in [0, 0.1) is 0 Å². The van der Waals surface area contributed by atoms with E-state index in [0.29, 0.717) is 0 Å². The van der Waals surface area contributed by atoms with Gasteiger partial charge in [0, 0.05) is 26.7 Å². The van der Waals surface area contributed by atoms with Gasteiger partial charge < -0.3 is 15.0 Å². The molecule has 4 heteroatoms. The summed E-state index contributed by atoms with van der Waals surface area (Å²) in [6, 6.07) is 0.0537. The summed E-state index contributed by atoms with van der Waals surface area (Å²) < 4.78 is 5.20. The maximum absolute atomic E-state index is 11.5. The van der Waals surface area contributed by atoms with Crippen LogP contribution in [0.5, 0.6) is 0 Å². The van der Waals surface area contributed by atoms with E-state index < -0.39 is 0 Å². The Morgan fingerprint density at radius 2 is 2.43 bits per heavy atom. The number of nitrogens with zero attached hydrogens (tertiary/aromatic N) is 1. The second-order valence-corrected chi connectivity index (χ2v) is 3.68. The molecule has 1 fully saturated rings. The zero-order chi connectivity index (χ0) is 10.4. The monoisotopic (exact) mass is 200 g/mol. The Bertz CT molecular complexity index is 185. The number of likely N-dealkylation sites (tertiary alicyclic amines) is 1. The van der Waals surface area contributed by atoms with Crippen LogP contribution in [0.1, 0.15) is 26.2 Å². The summed E-state index contributed by atoms with van der Waals surface area (Å²) in [5, 5.41) is 2.90. The molecule has 0 aromatic rings. The van der Waals surface area contributed by atoms with E-state index in [1.807, 2.05) is 4.90 Å². The standard InChI is InChI=1S/C10H20N2O2/c1-3-4-6-11-10(13)12-7-5-9(8-12)14-2/h9H,3-8H2,1-2H3,(H,11,13).